The first kappa shape index (κ1) is 17.4. The molecule has 4 rings (SSSR count). The Morgan fingerprint density at radius 2 is 1.60 bits per heavy atom. The fraction of sp³-hybridized carbons (Fsp3) is 0.700. The predicted octanol–water partition coefficient (Wildman–Crippen LogP) is 3.26. The van der Waals surface area contributed by atoms with Crippen LogP contribution in [0, 0.1) is 5.92 Å². The van der Waals surface area contributed by atoms with E-state index in [0.717, 1.165) is 12.0 Å². The fourth-order valence-electron chi connectivity index (χ4n) is 4.13. The van der Waals surface area contributed by atoms with Crippen molar-refractivity contribution in [1.82, 2.24) is 0 Å². The van der Waals surface area contributed by atoms with Crippen LogP contribution in [0.25, 0.3) is 0 Å². The van der Waals surface area contributed by atoms with Crippen LogP contribution in [0.1, 0.15) is 39.7 Å². The third kappa shape index (κ3) is 3.62. The molecule has 0 N–H and O–H groups in total. The Bertz CT molecular complexity index is 599. The van der Waals surface area contributed by atoms with Crippen molar-refractivity contribution in [2.24, 2.45) is 5.92 Å². The lowest BCUT2D eigenvalue weighted by molar-refractivity contribution is -0.324. The topological polar surface area (TPSA) is 46.2 Å². The fourth-order valence-corrected chi connectivity index (χ4v) is 4.13. The highest BCUT2D eigenvalue weighted by Gasteiger charge is 2.57. The third-order valence-electron chi connectivity index (χ3n) is 5.23. The molecule has 138 valence electrons. The summed E-state index contributed by atoms with van der Waals surface area (Å²) in [6.07, 6.45) is 0.564. The average molecular weight is 348 g/mol. The minimum Gasteiger partial charge on any atom is -0.371 e. The molecule has 0 bridgehead atoms. The van der Waals surface area contributed by atoms with Gasteiger partial charge in [0.05, 0.1) is 25.4 Å². The van der Waals surface area contributed by atoms with Crippen molar-refractivity contribution in [3.8, 4) is 0 Å². The van der Waals surface area contributed by atoms with Crippen LogP contribution in [-0.4, -0.2) is 42.6 Å². The molecule has 1 aliphatic carbocycles. The first-order chi connectivity index (χ1) is 11.8. The van der Waals surface area contributed by atoms with Crippen LogP contribution in [0.5, 0.6) is 0 Å². The summed E-state index contributed by atoms with van der Waals surface area (Å²) in [5.41, 5.74) is 1.16. The molecule has 5 heteroatoms. The highest BCUT2D eigenvalue weighted by molar-refractivity contribution is 5.13. The molecule has 0 radical (unpaired) electrons. The summed E-state index contributed by atoms with van der Waals surface area (Å²) in [7, 11) is 0. The van der Waals surface area contributed by atoms with E-state index in [2.05, 4.69) is 12.1 Å². The molecule has 3 fully saturated rings. The molecule has 1 aromatic carbocycles. The standard InChI is InChI=1S/C20H28O5/c1-19(2)22-12-14-10-15(21-11-13-8-6-5-7-9-13)17-18(16(14)23-19)25-20(3,4)24-17/h5-9,14-18H,10-12H2,1-4H3/t14-,15-,16-,17-,18+/m1/s1. The summed E-state index contributed by atoms with van der Waals surface area (Å²) in [5.74, 6) is -0.947. The van der Waals surface area contributed by atoms with Gasteiger partial charge >= 0.3 is 0 Å². The van der Waals surface area contributed by atoms with Gasteiger partial charge in [0.25, 0.3) is 0 Å². The van der Waals surface area contributed by atoms with Gasteiger partial charge in [0, 0.05) is 5.92 Å². The lowest BCUT2D eigenvalue weighted by Crippen LogP contribution is -2.60. The van der Waals surface area contributed by atoms with Crippen LogP contribution in [0.3, 0.4) is 0 Å². The Morgan fingerprint density at radius 1 is 0.920 bits per heavy atom. The Morgan fingerprint density at radius 3 is 2.36 bits per heavy atom. The molecule has 2 aliphatic heterocycles. The summed E-state index contributed by atoms with van der Waals surface area (Å²) < 4.78 is 30.8. The van der Waals surface area contributed by atoms with Gasteiger partial charge in [-0.15, -0.1) is 0 Å². The largest absolute Gasteiger partial charge is 0.371 e. The molecule has 2 saturated heterocycles. The second-order valence-electron chi connectivity index (χ2n) is 8.19. The highest BCUT2D eigenvalue weighted by atomic mass is 16.8. The smallest absolute Gasteiger partial charge is 0.164 e. The van der Waals surface area contributed by atoms with Crippen LogP contribution in [0.15, 0.2) is 30.3 Å². The van der Waals surface area contributed by atoms with E-state index in [1.54, 1.807) is 0 Å². The monoisotopic (exact) mass is 348 g/mol. The zero-order chi connectivity index (χ0) is 17.7. The summed E-state index contributed by atoms with van der Waals surface area (Å²) in [5, 5.41) is 0. The Labute approximate surface area is 149 Å². The lowest BCUT2D eigenvalue weighted by Gasteiger charge is -2.48. The number of hydrogen-bond donors (Lipinski definition) is 0. The summed E-state index contributed by atoms with van der Waals surface area (Å²) in [6, 6.07) is 10.2. The Hall–Kier alpha value is -0.980. The second kappa shape index (κ2) is 6.32. The van der Waals surface area contributed by atoms with Crippen molar-refractivity contribution in [3.05, 3.63) is 35.9 Å². The first-order valence-electron chi connectivity index (χ1n) is 9.16. The van der Waals surface area contributed by atoms with Crippen molar-refractivity contribution in [3.63, 3.8) is 0 Å². The minimum atomic E-state index is -0.621. The van der Waals surface area contributed by atoms with Gasteiger partial charge in [0.1, 0.15) is 12.2 Å². The van der Waals surface area contributed by atoms with E-state index in [9.17, 15) is 0 Å². The SMILES string of the molecule is CC1(C)OC[C@H]2C[C@@H](OCc3ccccc3)[C@H]3OC(C)(C)O[C@H]3[C@@H]2O1. The van der Waals surface area contributed by atoms with E-state index < -0.39 is 11.6 Å². The molecule has 0 amide bonds. The molecule has 5 nitrogen and oxygen atoms in total. The number of fused-ring (bicyclic) bond motifs is 3. The quantitative estimate of drug-likeness (QED) is 0.839. The van der Waals surface area contributed by atoms with Crippen LogP contribution in [0.4, 0.5) is 0 Å². The van der Waals surface area contributed by atoms with Gasteiger partial charge in [-0.25, -0.2) is 0 Å². The van der Waals surface area contributed by atoms with Crippen molar-refractivity contribution >= 4 is 0 Å². The van der Waals surface area contributed by atoms with E-state index in [1.165, 1.54) is 0 Å². The van der Waals surface area contributed by atoms with Gasteiger partial charge < -0.3 is 23.7 Å². The van der Waals surface area contributed by atoms with Gasteiger partial charge in [0.15, 0.2) is 11.6 Å². The van der Waals surface area contributed by atoms with Gasteiger partial charge in [-0.2, -0.15) is 0 Å². The lowest BCUT2D eigenvalue weighted by atomic mass is 9.80. The molecular weight excluding hydrogens is 320 g/mol. The molecule has 2 heterocycles. The molecule has 0 aromatic heterocycles. The number of ether oxygens (including phenoxy) is 5. The number of benzene rings is 1. The highest BCUT2D eigenvalue weighted by Crippen LogP contribution is 2.45. The number of rotatable bonds is 3. The zero-order valence-corrected chi connectivity index (χ0v) is 15.4. The van der Waals surface area contributed by atoms with Crippen LogP contribution in [-0.2, 0) is 30.3 Å². The molecule has 3 aliphatic rings. The van der Waals surface area contributed by atoms with Crippen LogP contribution < -0.4 is 0 Å². The maximum atomic E-state index is 6.26. The summed E-state index contributed by atoms with van der Waals surface area (Å²) >= 11 is 0. The molecule has 5 atom stereocenters. The van der Waals surface area contributed by atoms with Crippen molar-refractivity contribution in [1.29, 1.82) is 0 Å². The summed E-state index contributed by atoms with van der Waals surface area (Å²) in [6.45, 7) is 9.06. The molecule has 1 aromatic rings. The van der Waals surface area contributed by atoms with Crippen molar-refractivity contribution in [2.75, 3.05) is 6.61 Å². The molecule has 1 saturated carbocycles. The van der Waals surface area contributed by atoms with Crippen molar-refractivity contribution in [2.45, 2.75) is 76.7 Å². The minimum absolute atomic E-state index is 0.0212. The maximum Gasteiger partial charge on any atom is 0.164 e. The zero-order valence-electron chi connectivity index (χ0n) is 15.4. The Balaban J connectivity index is 1.51. The molecule has 0 spiro atoms. The average Bonchev–Trinajstić information content (AvgIpc) is 2.89. The van der Waals surface area contributed by atoms with Gasteiger partial charge in [0.2, 0.25) is 0 Å². The van der Waals surface area contributed by atoms with Crippen LogP contribution in [0.2, 0.25) is 0 Å². The van der Waals surface area contributed by atoms with Gasteiger partial charge in [-0.1, -0.05) is 30.3 Å². The van der Waals surface area contributed by atoms with E-state index >= 15 is 0 Å². The maximum absolute atomic E-state index is 6.26. The van der Waals surface area contributed by atoms with Gasteiger partial charge in [-0.05, 0) is 39.7 Å². The second-order valence-corrected chi connectivity index (χ2v) is 8.19. The molecular formula is C20H28O5. The Kier molecular flexibility index (Phi) is 4.41. The van der Waals surface area contributed by atoms with E-state index in [0.29, 0.717) is 13.2 Å². The van der Waals surface area contributed by atoms with E-state index in [4.69, 9.17) is 23.7 Å². The van der Waals surface area contributed by atoms with Gasteiger partial charge in [-0.3, -0.25) is 0 Å². The molecule has 0 unspecified atom stereocenters. The third-order valence-corrected chi connectivity index (χ3v) is 5.23. The first-order valence-corrected chi connectivity index (χ1v) is 9.16. The molecule has 25 heavy (non-hydrogen) atoms. The van der Waals surface area contributed by atoms with Crippen LogP contribution >= 0.6 is 0 Å². The number of hydrogen-bond acceptors (Lipinski definition) is 5. The normalized spacial score (nSPS) is 38.8. The van der Waals surface area contributed by atoms with E-state index in [-0.39, 0.29) is 30.3 Å². The van der Waals surface area contributed by atoms with E-state index in [1.807, 2.05) is 45.9 Å². The predicted molar refractivity (Wildman–Crippen MR) is 91.9 cm³/mol. The summed E-state index contributed by atoms with van der Waals surface area (Å²) in [4.78, 5) is 0. The van der Waals surface area contributed by atoms with Crippen molar-refractivity contribution < 1.29 is 23.7 Å².